The number of aromatic nitrogens is 2. The zero-order valence-corrected chi connectivity index (χ0v) is 19.7. The zero-order chi connectivity index (χ0) is 24.5. The Morgan fingerprint density at radius 1 is 1.14 bits per heavy atom. The van der Waals surface area contributed by atoms with Gasteiger partial charge in [0.1, 0.15) is 5.75 Å². The average molecular weight is 477 g/mol. The number of hydrogen-bond acceptors (Lipinski definition) is 6. The molecule has 2 amide bonds. The van der Waals surface area contributed by atoms with Crippen LogP contribution in [0.1, 0.15) is 61.5 Å². The maximum absolute atomic E-state index is 12.9. The molecule has 1 aliphatic carbocycles. The van der Waals surface area contributed by atoms with Crippen molar-refractivity contribution in [2.75, 3.05) is 12.1 Å². The van der Waals surface area contributed by atoms with Crippen molar-refractivity contribution in [1.29, 1.82) is 0 Å². The molecule has 1 saturated carbocycles. The van der Waals surface area contributed by atoms with Crippen LogP contribution in [0.15, 0.2) is 42.5 Å². The number of rotatable bonds is 6. The van der Waals surface area contributed by atoms with Crippen molar-refractivity contribution in [3.8, 4) is 28.5 Å². The normalized spacial score (nSPS) is 15.4. The van der Waals surface area contributed by atoms with Gasteiger partial charge in [0.25, 0.3) is 5.91 Å². The second kappa shape index (κ2) is 9.32. The van der Waals surface area contributed by atoms with Crippen molar-refractivity contribution < 1.29 is 24.2 Å². The Bertz CT molecular complexity index is 1280. The Morgan fingerprint density at radius 3 is 2.66 bits per heavy atom. The number of amides is 2. The highest BCUT2D eigenvalue weighted by atomic mass is 16.7. The van der Waals surface area contributed by atoms with Crippen molar-refractivity contribution in [2.24, 2.45) is 0 Å². The third-order valence-electron chi connectivity index (χ3n) is 6.60. The minimum absolute atomic E-state index is 0.0328. The molecule has 0 bridgehead atoms. The van der Waals surface area contributed by atoms with Crippen LogP contribution in [0, 0.1) is 0 Å². The molecular formula is C26H28N4O5. The molecule has 1 atom stereocenters. The summed E-state index contributed by atoms with van der Waals surface area (Å²) in [5.41, 5.74) is 2.70. The summed E-state index contributed by atoms with van der Waals surface area (Å²) in [4.78, 5) is 25.5. The van der Waals surface area contributed by atoms with Crippen molar-refractivity contribution in [2.45, 2.75) is 51.5 Å². The van der Waals surface area contributed by atoms with E-state index in [1.165, 1.54) is 10.7 Å². The van der Waals surface area contributed by atoms with Crippen LogP contribution in [-0.2, 0) is 0 Å². The maximum atomic E-state index is 12.9. The van der Waals surface area contributed by atoms with E-state index >= 15 is 0 Å². The number of nitrogens with one attached hydrogen (secondary N) is 2. The number of fused-ring (bicyclic) bond motifs is 1. The fraction of sp³-hybridized carbons (Fsp3) is 0.346. The van der Waals surface area contributed by atoms with E-state index in [-0.39, 0.29) is 36.4 Å². The highest BCUT2D eigenvalue weighted by Gasteiger charge is 2.28. The summed E-state index contributed by atoms with van der Waals surface area (Å²) in [5.74, 6) is 1.02. The molecule has 2 aliphatic rings. The van der Waals surface area contributed by atoms with Crippen LogP contribution in [0.25, 0.3) is 11.3 Å². The molecule has 9 nitrogen and oxygen atoms in total. The zero-order valence-electron chi connectivity index (χ0n) is 19.7. The maximum Gasteiger partial charge on any atom is 0.342 e. The fourth-order valence-corrected chi connectivity index (χ4v) is 4.13. The number of carbonyl (C=O) groups excluding carboxylic acids is 2. The topological polar surface area (TPSA) is 115 Å². The van der Waals surface area contributed by atoms with Gasteiger partial charge in [-0.1, -0.05) is 13.3 Å². The number of phenols is 1. The van der Waals surface area contributed by atoms with Gasteiger partial charge in [-0.05, 0) is 62.6 Å². The van der Waals surface area contributed by atoms with Crippen LogP contribution in [-0.4, -0.2) is 39.7 Å². The number of aromatic hydroxyl groups is 1. The minimum Gasteiger partial charge on any atom is -0.507 e. The summed E-state index contributed by atoms with van der Waals surface area (Å²) < 4.78 is 12.0. The molecule has 0 spiro atoms. The summed E-state index contributed by atoms with van der Waals surface area (Å²) >= 11 is 0. The fourth-order valence-electron chi connectivity index (χ4n) is 4.13. The van der Waals surface area contributed by atoms with Crippen molar-refractivity contribution in [3.05, 3.63) is 53.7 Å². The molecule has 182 valence electrons. The van der Waals surface area contributed by atoms with Gasteiger partial charge in [-0.15, -0.1) is 0 Å². The molecular weight excluding hydrogens is 448 g/mol. The summed E-state index contributed by atoms with van der Waals surface area (Å²) in [6.07, 6.45) is 3.97. The monoisotopic (exact) mass is 476 g/mol. The van der Waals surface area contributed by atoms with Crippen molar-refractivity contribution in [1.82, 2.24) is 15.1 Å². The van der Waals surface area contributed by atoms with E-state index < -0.39 is 0 Å². The van der Waals surface area contributed by atoms with Crippen LogP contribution < -0.4 is 20.1 Å². The smallest absolute Gasteiger partial charge is 0.342 e. The number of hydrogen-bond donors (Lipinski definition) is 3. The van der Waals surface area contributed by atoms with Gasteiger partial charge in [-0.2, -0.15) is 9.78 Å². The van der Waals surface area contributed by atoms with Crippen LogP contribution in [0.5, 0.6) is 17.2 Å². The van der Waals surface area contributed by atoms with E-state index in [2.05, 4.69) is 15.7 Å². The quantitative estimate of drug-likeness (QED) is 0.468. The first-order valence-electron chi connectivity index (χ1n) is 11.9. The number of benzene rings is 2. The highest BCUT2D eigenvalue weighted by molar-refractivity contribution is 6.05. The average Bonchev–Trinajstić information content (AvgIpc) is 3.44. The molecule has 1 unspecified atom stereocenters. The van der Waals surface area contributed by atoms with E-state index in [4.69, 9.17) is 9.47 Å². The van der Waals surface area contributed by atoms with E-state index in [9.17, 15) is 14.7 Å². The lowest BCUT2D eigenvalue weighted by Gasteiger charge is -2.25. The SMILES string of the molecule is CCC(C)NC(=O)n1nc(-c2ccc(NC(=O)c3ccc4c(c3)OCO4)cc2O)cc1C1CCC1. The molecule has 1 aliphatic heterocycles. The first kappa shape index (κ1) is 22.8. The molecule has 1 fully saturated rings. The van der Waals surface area contributed by atoms with Gasteiger partial charge < -0.3 is 25.2 Å². The Labute approximate surface area is 203 Å². The standard InChI is InChI=1S/C26H28N4O5/c1-3-15(2)27-26(33)30-21(16-5-4-6-16)13-20(29-30)19-9-8-18(12-22(19)31)28-25(32)17-7-10-23-24(11-17)35-14-34-23/h7-13,15-16,31H,3-6,14H2,1-2H3,(H,27,33)(H,28,32). The summed E-state index contributed by atoms with van der Waals surface area (Å²) in [6.45, 7) is 4.10. The highest BCUT2D eigenvalue weighted by Crippen LogP contribution is 2.39. The predicted octanol–water partition coefficient (Wildman–Crippen LogP) is 4.86. The van der Waals surface area contributed by atoms with Crippen molar-refractivity contribution >= 4 is 17.6 Å². The number of phenolic OH excluding ortho intramolecular Hbond substituents is 1. The number of anilines is 1. The van der Waals surface area contributed by atoms with Crippen LogP contribution in [0.4, 0.5) is 10.5 Å². The van der Waals surface area contributed by atoms with E-state index in [1.807, 2.05) is 19.9 Å². The number of carbonyl (C=O) groups is 2. The Hall–Kier alpha value is -4.01. The first-order chi connectivity index (χ1) is 16.9. The molecule has 35 heavy (non-hydrogen) atoms. The summed E-state index contributed by atoms with van der Waals surface area (Å²) in [6, 6.07) is 11.5. The molecule has 9 heteroatoms. The van der Waals surface area contributed by atoms with Gasteiger partial charge in [0.15, 0.2) is 11.5 Å². The second-order valence-corrected chi connectivity index (χ2v) is 9.01. The second-order valence-electron chi connectivity index (χ2n) is 9.01. The molecule has 2 aromatic carbocycles. The Balaban J connectivity index is 1.37. The van der Waals surface area contributed by atoms with Crippen LogP contribution >= 0.6 is 0 Å². The Kier molecular flexibility index (Phi) is 6.07. The lowest BCUT2D eigenvalue weighted by Crippen LogP contribution is -2.37. The Morgan fingerprint density at radius 2 is 1.94 bits per heavy atom. The third kappa shape index (κ3) is 4.53. The molecule has 2 heterocycles. The van der Waals surface area contributed by atoms with E-state index in [0.29, 0.717) is 34.0 Å². The minimum atomic E-state index is -0.339. The molecule has 0 radical (unpaired) electrons. The van der Waals surface area contributed by atoms with E-state index in [1.54, 1.807) is 30.3 Å². The van der Waals surface area contributed by atoms with Gasteiger partial charge in [0, 0.05) is 34.8 Å². The lowest BCUT2D eigenvalue weighted by atomic mass is 9.82. The van der Waals surface area contributed by atoms with Gasteiger partial charge in [0.05, 0.1) is 11.4 Å². The van der Waals surface area contributed by atoms with Crippen LogP contribution in [0.2, 0.25) is 0 Å². The molecule has 5 rings (SSSR count). The number of ether oxygens (including phenoxy) is 2. The number of nitrogens with zero attached hydrogens (tertiary/aromatic N) is 2. The van der Waals surface area contributed by atoms with Gasteiger partial charge in [0.2, 0.25) is 6.79 Å². The summed E-state index contributed by atoms with van der Waals surface area (Å²) in [7, 11) is 0. The molecule has 1 aromatic heterocycles. The molecule has 3 aromatic rings. The van der Waals surface area contributed by atoms with Crippen LogP contribution in [0.3, 0.4) is 0 Å². The lowest BCUT2D eigenvalue weighted by molar-refractivity contribution is 0.102. The van der Waals surface area contributed by atoms with E-state index in [0.717, 1.165) is 31.4 Å². The summed E-state index contributed by atoms with van der Waals surface area (Å²) in [5, 5.41) is 21.0. The molecule has 3 N–H and O–H groups in total. The largest absolute Gasteiger partial charge is 0.507 e. The first-order valence-corrected chi connectivity index (χ1v) is 11.9. The third-order valence-corrected chi connectivity index (χ3v) is 6.60. The van der Waals surface area contributed by atoms with Gasteiger partial charge in [-0.3, -0.25) is 4.79 Å². The van der Waals surface area contributed by atoms with Gasteiger partial charge >= 0.3 is 6.03 Å². The molecule has 0 saturated heterocycles. The predicted molar refractivity (Wildman–Crippen MR) is 130 cm³/mol. The van der Waals surface area contributed by atoms with Gasteiger partial charge in [-0.25, -0.2) is 4.79 Å². The van der Waals surface area contributed by atoms with Crippen molar-refractivity contribution in [3.63, 3.8) is 0 Å².